The van der Waals surface area contributed by atoms with E-state index in [1.54, 1.807) is 24.3 Å². The Balaban J connectivity index is 1.86. The highest BCUT2D eigenvalue weighted by Crippen LogP contribution is 2.38. The standard InChI is InChI=1S/C20H12F5N3O/c1-9-4-6-10(7-5-9)28-19(17-11(20(28)29)3-2-8-26-17)27-18-15(24)13(22)12(21)14(23)16(18)25/h2-8,19,27H,1H3/t19-/m1/s1. The lowest BCUT2D eigenvalue weighted by Gasteiger charge is -2.27. The largest absolute Gasteiger partial charge is 0.355 e. The Morgan fingerprint density at radius 3 is 2.10 bits per heavy atom. The molecule has 1 aromatic heterocycles. The highest BCUT2D eigenvalue weighted by Gasteiger charge is 2.40. The molecule has 9 heteroatoms. The third-order valence-corrected chi connectivity index (χ3v) is 4.61. The molecular formula is C20H12F5N3O. The maximum atomic E-state index is 14.2. The fourth-order valence-corrected chi connectivity index (χ4v) is 3.16. The van der Waals surface area contributed by atoms with Crippen molar-refractivity contribution in [1.29, 1.82) is 0 Å². The van der Waals surface area contributed by atoms with E-state index in [9.17, 15) is 26.7 Å². The first-order valence-electron chi connectivity index (χ1n) is 8.44. The van der Waals surface area contributed by atoms with Crippen LogP contribution in [0.1, 0.15) is 27.8 Å². The van der Waals surface area contributed by atoms with Crippen LogP contribution in [0.25, 0.3) is 0 Å². The molecule has 148 valence electrons. The molecule has 2 aromatic carbocycles. The quantitative estimate of drug-likeness (QED) is 0.385. The zero-order valence-electron chi connectivity index (χ0n) is 14.8. The minimum Gasteiger partial charge on any atom is -0.355 e. The first-order valence-corrected chi connectivity index (χ1v) is 8.44. The van der Waals surface area contributed by atoms with Crippen molar-refractivity contribution < 1.29 is 26.7 Å². The first kappa shape index (κ1) is 18.9. The van der Waals surface area contributed by atoms with E-state index in [0.717, 1.165) is 10.5 Å². The normalized spacial score (nSPS) is 15.6. The molecule has 0 spiro atoms. The summed E-state index contributed by atoms with van der Waals surface area (Å²) in [6.45, 7) is 1.83. The molecular weight excluding hydrogens is 393 g/mol. The predicted molar refractivity (Wildman–Crippen MR) is 94.8 cm³/mol. The SMILES string of the molecule is Cc1ccc(N2C(=O)c3cccnc3[C@@H]2Nc2c(F)c(F)c(F)c(F)c2F)cc1. The highest BCUT2D eigenvalue weighted by molar-refractivity contribution is 6.11. The van der Waals surface area contributed by atoms with E-state index in [2.05, 4.69) is 10.3 Å². The van der Waals surface area contributed by atoms with Crippen LogP contribution >= 0.6 is 0 Å². The number of halogens is 5. The third kappa shape index (κ3) is 2.89. The van der Waals surface area contributed by atoms with Crippen molar-refractivity contribution in [2.45, 2.75) is 13.1 Å². The second-order valence-electron chi connectivity index (χ2n) is 6.44. The van der Waals surface area contributed by atoms with Gasteiger partial charge in [0.05, 0.1) is 11.3 Å². The molecule has 0 bridgehead atoms. The van der Waals surface area contributed by atoms with Gasteiger partial charge in [0.2, 0.25) is 5.82 Å². The Hall–Kier alpha value is -3.49. The summed E-state index contributed by atoms with van der Waals surface area (Å²) >= 11 is 0. The van der Waals surface area contributed by atoms with Crippen molar-refractivity contribution in [1.82, 2.24) is 4.98 Å². The van der Waals surface area contributed by atoms with E-state index in [1.165, 1.54) is 18.3 Å². The van der Waals surface area contributed by atoms with E-state index in [1.807, 2.05) is 6.92 Å². The number of anilines is 2. The van der Waals surface area contributed by atoms with Crippen molar-refractivity contribution in [2.75, 3.05) is 10.2 Å². The molecule has 29 heavy (non-hydrogen) atoms. The van der Waals surface area contributed by atoms with Crippen LogP contribution in [0, 0.1) is 36.0 Å². The van der Waals surface area contributed by atoms with Crippen LogP contribution in [0.15, 0.2) is 42.6 Å². The van der Waals surface area contributed by atoms with Gasteiger partial charge < -0.3 is 5.32 Å². The number of nitrogens with zero attached hydrogens (tertiary/aromatic N) is 2. The van der Waals surface area contributed by atoms with Crippen molar-refractivity contribution in [3.8, 4) is 0 Å². The zero-order valence-corrected chi connectivity index (χ0v) is 14.8. The summed E-state index contributed by atoms with van der Waals surface area (Å²) in [6, 6.07) is 9.61. The maximum absolute atomic E-state index is 14.2. The average molecular weight is 405 g/mol. The Morgan fingerprint density at radius 1 is 0.897 bits per heavy atom. The van der Waals surface area contributed by atoms with Gasteiger partial charge in [-0.2, -0.15) is 0 Å². The van der Waals surface area contributed by atoms with Gasteiger partial charge >= 0.3 is 0 Å². The summed E-state index contributed by atoms with van der Waals surface area (Å²) in [6.07, 6.45) is 0.0764. The fraction of sp³-hybridized carbons (Fsp3) is 0.100. The number of carbonyl (C=O) groups is 1. The van der Waals surface area contributed by atoms with E-state index >= 15 is 0 Å². The molecule has 0 aliphatic carbocycles. The van der Waals surface area contributed by atoms with Gasteiger partial charge in [-0.25, -0.2) is 22.0 Å². The summed E-state index contributed by atoms with van der Waals surface area (Å²) in [7, 11) is 0. The molecule has 0 radical (unpaired) electrons. The minimum atomic E-state index is -2.26. The van der Waals surface area contributed by atoms with Gasteiger partial charge in [0.15, 0.2) is 29.4 Å². The number of hydrogen-bond acceptors (Lipinski definition) is 3. The number of nitrogens with one attached hydrogen (secondary N) is 1. The Labute approximate surface area is 161 Å². The van der Waals surface area contributed by atoms with Crippen molar-refractivity contribution in [3.05, 3.63) is 88.5 Å². The second kappa shape index (κ2) is 6.84. The van der Waals surface area contributed by atoms with E-state index in [-0.39, 0.29) is 11.3 Å². The molecule has 1 N–H and O–H groups in total. The van der Waals surface area contributed by atoms with Gasteiger partial charge in [-0.15, -0.1) is 0 Å². The number of pyridine rings is 1. The van der Waals surface area contributed by atoms with E-state index in [4.69, 9.17) is 0 Å². The van der Waals surface area contributed by atoms with E-state index < -0.39 is 46.8 Å². The molecule has 1 aliphatic rings. The summed E-state index contributed by atoms with van der Waals surface area (Å²) in [5, 5.41) is 2.28. The van der Waals surface area contributed by atoms with Gasteiger partial charge in [0.1, 0.15) is 5.69 Å². The molecule has 1 atom stereocenters. The number of carbonyl (C=O) groups excluding carboxylic acids is 1. The van der Waals surface area contributed by atoms with Crippen LogP contribution in [0.3, 0.4) is 0 Å². The van der Waals surface area contributed by atoms with Crippen LogP contribution in [0.2, 0.25) is 0 Å². The Kier molecular flexibility index (Phi) is 4.45. The van der Waals surface area contributed by atoms with Gasteiger partial charge in [0.25, 0.3) is 5.91 Å². The van der Waals surface area contributed by atoms with Gasteiger partial charge in [-0.05, 0) is 31.2 Å². The van der Waals surface area contributed by atoms with Gasteiger partial charge in [0, 0.05) is 11.9 Å². The Morgan fingerprint density at radius 2 is 1.48 bits per heavy atom. The van der Waals surface area contributed by atoms with Crippen LogP contribution < -0.4 is 10.2 Å². The monoisotopic (exact) mass is 405 g/mol. The number of hydrogen-bond donors (Lipinski definition) is 1. The number of aryl methyl sites for hydroxylation is 1. The van der Waals surface area contributed by atoms with Crippen molar-refractivity contribution in [3.63, 3.8) is 0 Å². The van der Waals surface area contributed by atoms with Crippen molar-refractivity contribution in [2.24, 2.45) is 0 Å². The zero-order chi connectivity index (χ0) is 20.9. The molecule has 4 nitrogen and oxygen atoms in total. The number of benzene rings is 2. The molecule has 0 saturated carbocycles. The summed E-state index contributed by atoms with van der Waals surface area (Å²) in [4.78, 5) is 18.1. The molecule has 3 aromatic rings. The fourth-order valence-electron chi connectivity index (χ4n) is 3.16. The molecule has 0 saturated heterocycles. The number of aromatic nitrogens is 1. The molecule has 0 fully saturated rings. The van der Waals surface area contributed by atoms with Crippen LogP contribution in [0.5, 0.6) is 0 Å². The molecule has 4 rings (SSSR count). The molecule has 0 unspecified atom stereocenters. The first-order chi connectivity index (χ1) is 13.8. The van der Waals surface area contributed by atoms with Gasteiger partial charge in [-0.1, -0.05) is 17.7 Å². The highest BCUT2D eigenvalue weighted by atomic mass is 19.2. The lowest BCUT2D eigenvalue weighted by atomic mass is 10.2. The van der Waals surface area contributed by atoms with Crippen LogP contribution in [-0.2, 0) is 0 Å². The van der Waals surface area contributed by atoms with Crippen LogP contribution in [0.4, 0.5) is 33.3 Å². The van der Waals surface area contributed by atoms with Gasteiger partial charge in [-0.3, -0.25) is 14.7 Å². The smallest absolute Gasteiger partial charge is 0.262 e. The summed E-state index contributed by atoms with van der Waals surface area (Å²) in [5.41, 5.74) is 0.270. The molecule has 1 aliphatic heterocycles. The molecule has 2 heterocycles. The summed E-state index contributed by atoms with van der Waals surface area (Å²) in [5.74, 6) is -11.0. The second-order valence-corrected chi connectivity index (χ2v) is 6.44. The number of fused-ring (bicyclic) bond motifs is 1. The predicted octanol–water partition coefficient (Wildman–Crippen LogP) is 4.86. The lowest BCUT2D eigenvalue weighted by molar-refractivity contribution is 0.0993. The number of amides is 1. The van der Waals surface area contributed by atoms with Crippen LogP contribution in [-0.4, -0.2) is 10.9 Å². The number of rotatable bonds is 3. The minimum absolute atomic E-state index is 0.0991. The Bertz CT molecular complexity index is 1100. The lowest BCUT2D eigenvalue weighted by Crippen LogP contribution is -2.33. The third-order valence-electron chi connectivity index (χ3n) is 4.61. The molecule has 1 amide bonds. The topological polar surface area (TPSA) is 45.2 Å². The van der Waals surface area contributed by atoms with E-state index in [0.29, 0.717) is 5.69 Å². The van der Waals surface area contributed by atoms with Crippen molar-refractivity contribution >= 4 is 17.3 Å². The summed E-state index contributed by atoms with van der Waals surface area (Å²) < 4.78 is 69.0. The average Bonchev–Trinajstić information content (AvgIpc) is 3.01. The maximum Gasteiger partial charge on any atom is 0.262 e.